The predicted octanol–water partition coefficient (Wildman–Crippen LogP) is 3.43. The molecule has 1 atom stereocenters. The molecule has 0 bridgehead atoms. The molecule has 1 aromatic carbocycles. The number of amides is 1. The minimum Gasteiger partial charge on any atom is -0.361 e. The number of rotatable bonds is 5. The molecule has 2 heterocycles. The molecule has 2 N–H and O–H groups in total. The topological polar surface area (TPSA) is 83.8 Å². The molecule has 0 saturated heterocycles. The first-order valence-corrected chi connectivity index (χ1v) is 7.96. The van der Waals surface area contributed by atoms with Gasteiger partial charge >= 0.3 is 0 Å². The lowest BCUT2D eigenvalue weighted by atomic mass is 10.1. The van der Waals surface area contributed by atoms with E-state index < -0.39 is 0 Å². The molecular weight excluding hydrogens is 304 g/mol. The van der Waals surface area contributed by atoms with E-state index in [9.17, 15) is 4.79 Å². The Labute approximate surface area is 140 Å². The highest BCUT2D eigenvalue weighted by atomic mass is 16.5. The Balaban J connectivity index is 1.76. The molecule has 0 spiro atoms. The molecule has 0 aliphatic heterocycles. The minimum absolute atomic E-state index is 0.198. The third-order valence-corrected chi connectivity index (χ3v) is 3.93. The summed E-state index contributed by atoms with van der Waals surface area (Å²) in [5, 5.41) is 6.87. The second-order valence-electron chi connectivity index (χ2n) is 5.66. The third-order valence-electron chi connectivity index (χ3n) is 3.93. The standard InChI is InChI=1S/C18H20N4O2/c1-4-14-16(12(3)24-22-14)18(23)20-11(2)17-19-10-15(21-17)13-8-6-5-7-9-13/h5-11H,4H2,1-3H3,(H,19,21)(H,20,23)/t11-/m0/s1. The molecule has 124 valence electrons. The summed E-state index contributed by atoms with van der Waals surface area (Å²) in [6, 6.07) is 9.68. The summed E-state index contributed by atoms with van der Waals surface area (Å²) in [4.78, 5) is 20.2. The number of carbonyl (C=O) groups excluding carboxylic acids is 1. The van der Waals surface area contributed by atoms with Gasteiger partial charge in [0, 0.05) is 0 Å². The fraction of sp³-hybridized carbons (Fsp3) is 0.278. The number of hydrogen-bond acceptors (Lipinski definition) is 4. The second-order valence-corrected chi connectivity index (χ2v) is 5.66. The molecule has 0 saturated carbocycles. The van der Waals surface area contributed by atoms with Gasteiger partial charge in [-0.2, -0.15) is 0 Å². The Morgan fingerprint density at radius 1 is 1.33 bits per heavy atom. The van der Waals surface area contributed by atoms with Crippen LogP contribution in [0.25, 0.3) is 11.3 Å². The predicted molar refractivity (Wildman–Crippen MR) is 90.5 cm³/mol. The number of H-pyrrole nitrogens is 1. The highest BCUT2D eigenvalue weighted by Gasteiger charge is 2.22. The first kappa shape index (κ1) is 16.0. The van der Waals surface area contributed by atoms with Crippen molar-refractivity contribution in [1.29, 1.82) is 0 Å². The van der Waals surface area contributed by atoms with Crippen molar-refractivity contribution in [2.75, 3.05) is 0 Å². The molecule has 0 aliphatic rings. The van der Waals surface area contributed by atoms with Crippen LogP contribution >= 0.6 is 0 Å². The van der Waals surface area contributed by atoms with Gasteiger partial charge in [-0.3, -0.25) is 4.79 Å². The van der Waals surface area contributed by atoms with Gasteiger partial charge in [0.1, 0.15) is 17.1 Å². The average molecular weight is 324 g/mol. The van der Waals surface area contributed by atoms with E-state index in [1.807, 2.05) is 44.2 Å². The third kappa shape index (κ3) is 3.08. The van der Waals surface area contributed by atoms with E-state index in [0.717, 1.165) is 11.3 Å². The first-order chi connectivity index (χ1) is 11.6. The van der Waals surface area contributed by atoms with Crippen molar-refractivity contribution in [3.8, 4) is 11.3 Å². The van der Waals surface area contributed by atoms with Crippen molar-refractivity contribution in [1.82, 2.24) is 20.4 Å². The number of benzene rings is 1. The van der Waals surface area contributed by atoms with Gasteiger partial charge in [-0.1, -0.05) is 42.4 Å². The minimum atomic E-state index is -0.256. The molecule has 2 aromatic heterocycles. The van der Waals surface area contributed by atoms with Crippen LogP contribution in [0.2, 0.25) is 0 Å². The second kappa shape index (κ2) is 6.70. The van der Waals surface area contributed by atoms with Gasteiger partial charge in [0.25, 0.3) is 5.91 Å². The molecule has 3 rings (SSSR count). The van der Waals surface area contributed by atoms with Crippen molar-refractivity contribution in [2.45, 2.75) is 33.2 Å². The van der Waals surface area contributed by atoms with Gasteiger partial charge in [0.2, 0.25) is 0 Å². The molecule has 0 aliphatic carbocycles. The fourth-order valence-electron chi connectivity index (χ4n) is 2.61. The Kier molecular flexibility index (Phi) is 4.46. The van der Waals surface area contributed by atoms with Gasteiger partial charge in [0.15, 0.2) is 0 Å². The quantitative estimate of drug-likeness (QED) is 0.753. The van der Waals surface area contributed by atoms with E-state index in [2.05, 4.69) is 20.4 Å². The highest BCUT2D eigenvalue weighted by Crippen LogP contribution is 2.20. The van der Waals surface area contributed by atoms with Crippen LogP contribution in [0.4, 0.5) is 0 Å². The molecule has 6 nitrogen and oxygen atoms in total. The fourth-order valence-corrected chi connectivity index (χ4v) is 2.61. The summed E-state index contributed by atoms with van der Waals surface area (Å²) in [5.74, 6) is 1.03. The van der Waals surface area contributed by atoms with Crippen molar-refractivity contribution in [3.05, 3.63) is 59.4 Å². The van der Waals surface area contributed by atoms with Crippen LogP contribution in [0.15, 0.2) is 41.1 Å². The monoisotopic (exact) mass is 324 g/mol. The van der Waals surface area contributed by atoms with E-state index in [1.165, 1.54) is 0 Å². The number of aromatic nitrogens is 3. The van der Waals surface area contributed by atoms with Crippen molar-refractivity contribution >= 4 is 5.91 Å². The Bertz CT molecular complexity index is 836. The van der Waals surface area contributed by atoms with Crippen molar-refractivity contribution in [3.63, 3.8) is 0 Å². The van der Waals surface area contributed by atoms with Gasteiger partial charge in [0.05, 0.1) is 23.6 Å². The molecule has 6 heteroatoms. The molecule has 0 fully saturated rings. The summed E-state index contributed by atoms with van der Waals surface area (Å²) in [5.41, 5.74) is 3.15. The van der Waals surface area contributed by atoms with E-state index in [1.54, 1.807) is 13.1 Å². The lowest BCUT2D eigenvalue weighted by Gasteiger charge is -2.11. The SMILES string of the molecule is CCc1noc(C)c1C(=O)N[C@@H](C)c1ncc(-c2ccccc2)[nH]1. The summed E-state index contributed by atoms with van der Waals surface area (Å²) in [6.45, 7) is 5.57. The number of nitrogens with one attached hydrogen (secondary N) is 2. The average Bonchev–Trinajstić information content (AvgIpc) is 3.22. The zero-order valence-electron chi connectivity index (χ0n) is 14.0. The zero-order chi connectivity index (χ0) is 17.1. The zero-order valence-corrected chi connectivity index (χ0v) is 14.0. The maximum atomic E-state index is 12.5. The summed E-state index contributed by atoms with van der Waals surface area (Å²) in [6.07, 6.45) is 2.42. The maximum Gasteiger partial charge on any atom is 0.257 e. The van der Waals surface area contributed by atoms with Crippen LogP contribution in [-0.4, -0.2) is 21.0 Å². The molecule has 0 unspecified atom stereocenters. The Morgan fingerprint density at radius 3 is 2.79 bits per heavy atom. The molecule has 1 amide bonds. The number of imidazole rings is 1. The smallest absolute Gasteiger partial charge is 0.257 e. The summed E-state index contributed by atoms with van der Waals surface area (Å²) in [7, 11) is 0. The lowest BCUT2D eigenvalue weighted by Crippen LogP contribution is -2.28. The largest absolute Gasteiger partial charge is 0.361 e. The van der Waals surface area contributed by atoms with E-state index in [4.69, 9.17) is 4.52 Å². The van der Waals surface area contributed by atoms with E-state index >= 15 is 0 Å². The van der Waals surface area contributed by atoms with E-state index in [0.29, 0.717) is 29.3 Å². The van der Waals surface area contributed by atoms with Crippen LogP contribution < -0.4 is 5.32 Å². The Hall–Kier alpha value is -2.89. The first-order valence-electron chi connectivity index (χ1n) is 7.96. The molecule has 3 aromatic rings. The number of aryl methyl sites for hydroxylation is 2. The molecule has 0 radical (unpaired) electrons. The highest BCUT2D eigenvalue weighted by molar-refractivity contribution is 5.96. The van der Waals surface area contributed by atoms with E-state index in [-0.39, 0.29) is 11.9 Å². The van der Waals surface area contributed by atoms with Crippen LogP contribution in [-0.2, 0) is 6.42 Å². The number of hydrogen-bond donors (Lipinski definition) is 2. The normalized spacial score (nSPS) is 12.1. The van der Waals surface area contributed by atoms with Crippen LogP contribution in [0, 0.1) is 6.92 Å². The van der Waals surface area contributed by atoms with Crippen LogP contribution in [0.5, 0.6) is 0 Å². The Morgan fingerprint density at radius 2 is 2.08 bits per heavy atom. The number of aromatic amines is 1. The summed E-state index contributed by atoms with van der Waals surface area (Å²) < 4.78 is 5.12. The van der Waals surface area contributed by atoms with Gasteiger partial charge in [-0.25, -0.2) is 4.98 Å². The van der Waals surface area contributed by atoms with Gasteiger partial charge in [-0.05, 0) is 25.8 Å². The van der Waals surface area contributed by atoms with Crippen molar-refractivity contribution in [2.24, 2.45) is 0 Å². The van der Waals surface area contributed by atoms with Crippen molar-refractivity contribution < 1.29 is 9.32 Å². The maximum absolute atomic E-state index is 12.5. The molecule has 24 heavy (non-hydrogen) atoms. The number of nitrogens with zero attached hydrogens (tertiary/aromatic N) is 2. The number of carbonyl (C=O) groups is 1. The van der Waals surface area contributed by atoms with Gasteiger partial charge in [-0.15, -0.1) is 0 Å². The van der Waals surface area contributed by atoms with Crippen LogP contribution in [0.3, 0.4) is 0 Å². The van der Waals surface area contributed by atoms with Crippen LogP contribution in [0.1, 0.15) is 47.5 Å². The van der Waals surface area contributed by atoms with Gasteiger partial charge < -0.3 is 14.8 Å². The summed E-state index contributed by atoms with van der Waals surface area (Å²) >= 11 is 0. The lowest BCUT2D eigenvalue weighted by molar-refractivity contribution is 0.0936. The molecular formula is C18H20N4O2.